The SMILES string of the molecule is C/C=C\Cn1c(C(=O)N2CC(C)OC(C)C2)cc2occc21. The van der Waals surface area contributed by atoms with Gasteiger partial charge in [-0.2, -0.15) is 0 Å². The smallest absolute Gasteiger partial charge is 0.270 e. The lowest BCUT2D eigenvalue weighted by atomic mass is 10.2. The number of nitrogens with zero attached hydrogens (tertiary/aromatic N) is 2. The fourth-order valence-electron chi connectivity index (χ4n) is 3.07. The van der Waals surface area contributed by atoms with Crippen molar-refractivity contribution in [3.05, 3.63) is 36.2 Å². The van der Waals surface area contributed by atoms with Crippen LogP contribution in [0.1, 0.15) is 31.3 Å². The molecule has 0 N–H and O–H groups in total. The van der Waals surface area contributed by atoms with Gasteiger partial charge in [0.1, 0.15) is 5.69 Å². The van der Waals surface area contributed by atoms with Crippen LogP contribution in [0.5, 0.6) is 0 Å². The van der Waals surface area contributed by atoms with Crippen LogP contribution in [-0.2, 0) is 11.3 Å². The number of morpholine rings is 1. The van der Waals surface area contributed by atoms with E-state index in [4.69, 9.17) is 9.15 Å². The predicted octanol–water partition coefficient (Wildman–Crippen LogP) is 3.06. The molecule has 1 saturated heterocycles. The summed E-state index contributed by atoms with van der Waals surface area (Å²) >= 11 is 0. The molecule has 0 spiro atoms. The van der Waals surface area contributed by atoms with E-state index in [0.717, 1.165) is 11.1 Å². The first kappa shape index (κ1) is 14.9. The van der Waals surface area contributed by atoms with Crippen LogP contribution in [0.4, 0.5) is 0 Å². The number of carbonyl (C=O) groups is 1. The van der Waals surface area contributed by atoms with Crippen LogP contribution in [0.2, 0.25) is 0 Å². The average Bonchev–Trinajstić information content (AvgIpc) is 3.04. The Hall–Kier alpha value is -2.01. The number of furan rings is 1. The molecule has 0 radical (unpaired) electrons. The summed E-state index contributed by atoms with van der Waals surface area (Å²) in [5.41, 5.74) is 2.38. The van der Waals surface area contributed by atoms with Crippen molar-refractivity contribution in [3.8, 4) is 0 Å². The van der Waals surface area contributed by atoms with Gasteiger partial charge < -0.3 is 18.6 Å². The standard InChI is InChI=1S/C17H22N2O3/c1-4-5-7-19-14-6-8-21-16(14)9-15(19)17(20)18-10-12(2)22-13(3)11-18/h4-6,8-9,12-13H,7,10-11H2,1-3H3/b5-4-. The van der Waals surface area contributed by atoms with Gasteiger partial charge >= 0.3 is 0 Å². The second-order valence-corrected chi connectivity index (χ2v) is 5.85. The third-order valence-corrected chi connectivity index (χ3v) is 3.97. The molecule has 0 bridgehead atoms. The molecule has 0 aliphatic carbocycles. The van der Waals surface area contributed by atoms with Gasteiger partial charge in [-0.25, -0.2) is 0 Å². The highest BCUT2D eigenvalue weighted by atomic mass is 16.5. The van der Waals surface area contributed by atoms with Crippen molar-refractivity contribution < 1.29 is 13.9 Å². The summed E-state index contributed by atoms with van der Waals surface area (Å²) in [6.45, 7) is 7.89. The zero-order valence-electron chi connectivity index (χ0n) is 13.3. The minimum Gasteiger partial charge on any atom is -0.463 e. The van der Waals surface area contributed by atoms with Crippen molar-refractivity contribution in [1.29, 1.82) is 0 Å². The Balaban J connectivity index is 1.94. The number of aromatic nitrogens is 1. The van der Waals surface area contributed by atoms with Crippen LogP contribution in [0.25, 0.3) is 11.1 Å². The van der Waals surface area contributed by atoms with E-state index in [2.05, 4.69) is 0 Å². The third kappa shape index (κ3) is 2.68. The number of ether oxygens (including phenoxy) is 1. The van der Waals surface area contributed by atoms with Crippen LogP contribution < -0.4 is 0 Å². The number of fused-ring (bicyclic) bond motifs is 1. The molecule has 22 heavy (non-hydrogen) atoms. The molecule has 5 heteroatoms. The van der Waals surface area contributed by atoms with E-state index in [1.165, 1.54) is 0 Å². The van der Waals surface area contributed by atoms with Gasteiger partial charge in [0.2, 0.25) is 0 Å². The van der Waals surface area contributed by atoms with Gasteiger partial charge in [0, 0.05) is 31.8 Å². The molecule has 2 unspecified atom stereocenters. The van der Waals surface area contributed by atoms with Crippen LogP contribution in [-0.4, -0.2) is 40.7 Å². The minimum atomic E-state index is 0.0397. The van der Waals surface area contributed by atoms with Gasteiger partial charge in [-0.05, 0) is 20.8 Å². The predicted molar refractivity (Wildman–Crippen MR) is 84.9 cm³/mol. The molecular weight excluding hydrogens is 280 g/mol. The summed E-state index contributed by atoms with van der Waals surface area (Å²) in [7, 11) is 0. The molecule has 3 heterocycles. The normalized spacial score (nSPS) is 22.8. The van der Waals surface area contributed by atoms with Gasteiger partial charge in [0.25, 0.3) is 5.91 Å². The quantitative estimate of drug-likeness (QED) is 0.819. The lowest BCUT2D eigenvalue weighted by molar-refractivity contribution is -0.0588. The molecule has 5 nitrogen and oxygen atoms in total. The van der Waals surface area contributed by atoms with Crippen LogP contribution in [0.3, 0.4) is 0 Å². The highest BCUT2D eigenvalue weighted by Gasteiger charge is 2.29. The first-order valence-electron chi connectivity index (χ1n) is 7.72. The summed E-state index contributed by atoms with van der Waals surface area (Å²) in [5, 5.41) is 0. The van der Waals surface area contributed by atoms with Gasteiger partial charge in [0.15, 0.2) is 5.58 Å². The third-order valence-electron chi connectivity index (χ3n) is 3.97. The molecule has 118 valence electrons. The molecule has 1 aliphatic heterocycles. The summed E-state index contributed by atoms with van der Waals surface area (Å²) < 4.78 is 13.2. The van der Waals surface area contributed by atoms with E-state index in [-0.39, 0.29) is 18.1 Å². The summed E-state index contributed by atoms with van der Waals surface area (Å²) in [6, 6.07) is 3.74. The molecule has 1 aliphatic rings. The van der Waals surface area contributed by atoms with Crippen molar-refractivity contribution in [2.75, 3.05) is 13.1 Å². The Bertz CT molecular complexity index is 688. The molecule has 3 rings (SSSR count). The van der Waals surface area contributed by atoms with Crippen LogP contribution in [0, 0.1) is 0 Å². The molecule has 1 amide bonds. The Labute approximate surface area is 130 Å². The number of allylic oxidation sites excluding steroid dienone is 2. The van der Waals surface area contributed by atoms with Gasteiger partial charge in [-0.1, -0.05) is 12.2 Å². The zero-order chi connectivity index (χ0) is 15.7. The number of hydrogen-bond acceptors (Lipinski definition) is 3. The summed E-state index contributed by atoms with van der Waals surface area (Å²) in [6.07, 6.45) is 5.81. The summed E-state index contributed by atoms with van der Waals surface area (Å²) in [4.78, 5) is 14.8. The largest absolute Gasteiger partial charge is 0.463 e. The number of carbonyl (C=O) groups excluding carboxylic acids is 1. The fourth-order valence-corrected chi connectivity index (χ4v) is 3.07. The first-order valence-corrected chi connectivity index (χ1v) is 7.72. The fraction of sp³-hybridized carbons (Fsp3) is 0.471. The van der Waals surface area contributed by atoms with E-state index in [1.54, 1.807) is 6.26 Å². The van der Waals surface area contributed by atoms with E-state index < -0.39 is 0 Å². The number of rotatable bonds is 3. The second-order valence-electron chi connectivity index (χ2n) is 5.85. The van der Waals surface area contributed by atoms with Crippen LogP contribution in [0.15, 0.2) is 35.0 Å². The second kappa shape index (κ2) is 6.01. The topological polar surface area (TPSA) is 47.6 Å². The highest BCUT2D eigenvalue weighted by Crippen LogP contribution is 2.23. The van der Waals surface area contributed by atoms with Crippen molar-refractivity contribution in [1.82, 2.24) is 9.47 Å². The number of amides is 1. The van der Waals surface area contributed by atoms with Gasteiger partial charge in [0.05, 0.1) is 24.0 Å². The maximum Gasteiger partial charge on any atom is 0.270 e. The molecule has 1 fully saturated rings. The molecule has 0 saturated carbocycles. The average molecular weight is 302 g/mol. The lowest BCUT2D eigenvalue weighted by Crippen LogP contribution is -2.48. The van der Waals surface area contributed by atoms with E-state index >= 15 is 0 Å². The molecule has 2 aromatic rings. The van der Waals surface area contributed by atoms with Crippen molar-refractivity contribution in [2.45, 2.75) is 39.5 Å². The van der Waals surface area contributed by atoms with Crippen molar-refractivity contribution in [3.63, 3.8) is 0 Å². The Morgan fingerprint density at radius 2 is 2.09 bits per heavy atom. The van der Waals surface area contributed by atoms with E-state index in [0.29, 0.717) is 25.3 Å². The monoisotopic (exact) mass is 302 g/mol. The zero-order valence-corrected chi connectivity index (χ0v) is 13.3. The molecule has 2 atom stereocenters. The van der Waals surface area contributed by atoms with Crippen molar-refractivity contribution >= 4 is 17.0 Å². The first-order chi connectivity index (χ1) is 10.6. The van der Waals surface area contributed by atoms with Crippen LogP contribution >= 0.6 is 0 Å². The Kier molecular flexibility index (Phi) is 4.07. The van der Waals surface area contributed by atoms with Crippen molar-refractivity contribution in [2.24, 2.45) is 0 Å². The minimum absolute atomic E-state index is 0.0397. The van der Waals surface area contributed by atoms with E-state index in [9.17, 15) is 4.79 Å². The molecule has 0 aromatic carbocycles. The summed E-state index contributed by atoms with van der Waals surface area (Å²) in [5.74, 6) is 0.0397. The highest BCUT2D eigenvalue weighted by molar-refractivity contribution is 5.97. The molecular formula is C17H22N2O3. The number of hydrogen-bond donors (Lipinski definition) is 0. The Morgan fingerprint density at radius 3 is 2.77 bits per heavy atom. The Morgan fingerprint density at radius 1 is 1.36 bits per heavy atom. The lowest BCUT2D eigenvalue weighted by Gasteiger charge is -2.35. The maximum absolute atomic E-state index is 12.9. The van der Waals surface area contributed by atoms with Gasteiger partial charge in [-0.3, -0.25) is 4.79 Å². The van der Waals surface area contributed by atoms with E-state index in [1.807, 2.05) is 54.5 Å². The molecule has 2 aromatic heterocycles. The maximum atomic E-state index is 12.9. The van der Waals surface area contributed by atoms with Gasteiger partial charge in [-0.15, -0.1) is 0 Å².